The number of rotatable bonds is 9. The van der Waals surface area contributed by atoms with Gasteiger partial charge < -0.3 is 9.84 Å². The molecular formula is C25H29ClN4O2S. The van der Waals surface area contributed by atoms with Crippen LogP contribution in [-0.4, -0.2) is 46.3 Å². The van der Waals surface area contributed by atoms with E-state index in [-0.39, 0.29) is 11.8 Å². The molecule has 1 aliphatic rings. The summed E-state index contributed by atoms with van der Waals surface area (Å²) in [5.41, 5.74) is 3.36. The van der Waals surface area contributed by atoms with Gasteiger partial charge in [-0.05, 0) is 44.0 Å². The molecule has 1 aliphatic heterocycles. The molecule has 0 saturated carbocycles. The Morgan fingerprint density at radius 3 is 3.00 bits per heavy atom. The Kier molecular flexibility index (Phi) is 8.42. The molecular weight excluding hydrogens is 456 g/mol. The number of nitrogens with one attached hydrogen (secondary N) is 1. The topological polar surface area (TPSA) is 71.3 Å². The summed E-state index contributed by atoms with van der Waals surface area (Å²) in [5.74, 6) is 3.03. The average Bonchev–Trinajstić information content (AvgIpc) is 3.27. The second-order valence-electron chi connectivity index (χ2n) is 8.40. The van der Waals surface area contributed by atoms with Crippen LogP contribution in [0.25, 0.3) is 11.4 Å². The van der Waals surface area contributed by atoms with Gasteiger partial charge in [0.2, 0.25) is 17.6 Å². The molecule has 174 valence electrons. The third kappa shape index (κ3) is 6.82. The molecule has 2 heterocycles. The Hall–Kier alpha value is -2.35. The molecule has 8 heteroatoms. The number of nitrogens with zero attached hydrogens (tertiary/aromatic N) is 3. The predicted octanol–water partition coefficient (Wildman–Crippen LogP) is 4.96. The lowest BCUT2D eigenvalue weighted by Gasteiger charge is -2.30. The van der Waals surface area contributed by atoms with Gasteiger partial charge >= 0.3 is 0 Å². The molecule has 3 aromatic rings. The molecule has 4 rings (SSSR count). The van der Waals surface area contributed by atoms with Gasteiger partial charge in [0.15, 0.2) is 0 Å². The van der Waals surface area contributed by atoms with Gasteiger partial charge in [-0.15, -0.1) is 0 Å². The first-order chi connectivity index (χ1) is 16.1. The number of thioether (sulfide) groups is 1. The smallest absolute Gasteiger partial charge is 0.241 e. The molecule has 0 radical (unpaired) electrons. The molecule has 1 amide bonds. The Morgan fingerprint density at radius 2 is 2.15 bits per heavy atom. The Balaban J connectivity index is 1.20. The third-order valence-electron chi connectivity index (χ3n) is 5.71. The molecule has 33 heavy (non-hydrogen) atoms. The maximum atomic E-state index is 12.7. The second kappa shape index (κ2) is 11.7. The number of aryl methyl sites for hydroxylation is 1. The van der Waals surface area contributed by atoms with Crippen molar-refractivity contribution in [2.24, 2.45) is 5.92 Å². The number of amides is 1. The van der Waals surface area contributed by atoms with E-state index in [4.69, 9.17) is 16.1 Å². The summed E-state index contributed by atoms with van der Waals surface area (Å²) in [4.78, 5) is 19.4. The highest BCUT2D eigenvalue weighted by atomic mass is 35.5. The summed E-state index contributed by atoms with van der Waals surface area (Å²) in [6.07, 6.45) is 1.89. The van der Waals surface area contributed by atoms with Crippen molar-refractivity contribution in [3.05, 3.63) is 70.6 Å². The number of piperidine rings is 1. The monoisotopic (exact) mass is 484 g/mol. The maximum Gasteiger partial charge on any atom is 0.241 e. The van der Waals surface area contributed by atoms with E-state index in [1.54, 1.807) is 0 Å². The summed E-state index contributed by atoms with van der Waals surface area (Å²) in [7, 11) is 0. The van der Waals surface area contributed by atoms with Crippen LogP contribution in [0.3, 0.4) is 0 Å². The van der Waals surface area contributed by atoms with E-state index in [1.807, 2.05) is 36.0 Å². The molecule has 2 aromatic carbocycles. The highest BCUT2D eigenvalue weighted by Crippen LogP contribution is 2.25. The first-order valence-corrected chi connectivity index (χ1v) is 12.8. The number of carbonyl (C=O) groups is 1. The van der Waals surface area contributed by atoms with Crippen molar-refractivity contribution >= 4 is 29.3 Å². The number of hydrogen-bond donors (Lipinski definition) is 1. The van der Waals surface area contributed by atoms with Crippen molar-refractivity contribution in [2.75, 3.05) is 25.4 Å². The Morgan fingerprint density at radius 1 is 1.27 bits per heavy atom. The largest absolute Gasteiger partial charge is 0.355 e. The van der Waals surface area contributed by atoms with E-state index in [0.717, 1.165) is 36.5 Å². The number of aromatic nitrogens is 2. The summed E-state index contributed by atoms with van der Waals surface area (Å²) in [6, 6.07) is 16.0. The molecule has 1 unspecified atom stereocenters. The van der Waals surface area contributed by atoms with Crippen LogP contribution in [0.5, 0.6) is 0 Å². The van der Waals surface area contributed by atoms with Crippen molar-refractivity contribution in [2.45, 2.75) is 32.1 Å². The fraction of sp³-hybridized carbons (Fsp3) is 0.400. The normalized spacial score (nSPS) is 16.6. The van der Waals surface area contributed by atoms with E-state index in [9.17, 15) is 4.79 Å². The van der Waals surface area contributed by atoms with Gasteiger partial charge in [-0.25, -0.2) is 0 Å². The summed E-state index contributed by atoms with van der Waals surface area (Å²) in [6.45, 7) is 4.95. The second-order valence-corrected chi connectivity index (χ2v) is 9.91. The van der Waals surface area contributed by atoms with Crippen LogP contribution in [-0.2, 0) is 17.1 Å². The highest BCUT2D eigenvalue weighted by Gasteiger charge is 2.26. The van der Waals surface area contributed by atoms with Gasteiger partial charge in [-0.2, -0.15) is 16.7 Å². The minimum absolute atomic E-state index is 0.00789. The predicted molar refractivity (Wildman–Crippen MR) is 133 cm³/mol. The van der Waals surface area contributed by atoms with Crippen LogP contribution in [0.1, 0.15) is 29.9 Å². The Bertz CT molecular complexity index is 1070. The van der Waals surface area contributed by atoms with E-state index >= 15 is 0 Å². The minimum Gasteiger partial charge on any atom is -0.355 e. The summed E-state index contributed by atoms with van der Waals surface area (Å²) in [5, 5.41) is 7.78. The Labute approximate surface area is 204 Å². The molecule has 1 fully saturated rings. The van der Waals surface area contributed by atoms with E-state index in [1.165, 1.54) is 11.1 Å². The van der Waals surface area contributed by atoms with Gasteiger partial charge in [0.25, 0.3) is 0 Å². The first-order valence-electron chi connectivity index (χ1n) is 11.3. The van der Waals surface area contributed by atoms with Crippen LogP contribution in [0.2, 0.25) is 5.02 Å². The van der Waals surface area contributed by atoms with Gasteiger partial charge in [0, 0.05) is 30.2 Å². The zero-order chi connectivity index (χ0) is 23.0. The van der Waals surface area contributed by atoms with E-state index < -0.39 is 0 Å². The molecule has 1 aromatic heterocycles. The van der Waals surface area contributed by atoms with Crippen molar-refractivity contribution in [3.63, 3.8) is 0 Å². The van der Waals surface area contributed by atoms with Crippen molar-refractivity contribution in [1.82, 2.24) is 20.4 Å². The van der Waals surface area contributed by atoms with Crippen LogP contribution in [0, 0.1) is 12.8 Å². The lowest BCUT2D eigenvalue weighted by atomic mass is 9.97. The molecule has 0 aliphatic carbocycles. The first kappa shape index (κ1) is 23.8. The van der Waals surface area contributed by atoms with E-state index in [2.05, 4.69) is 51.5 Å². The standard InChI is InChI=1S/C25H29ClN4O2S/c1-18-6-4-7-19(14-18)17-33-13-11-27-25(31)20-8-5-12-30(15-20)16-23-28-24(29-32-23)21-9-2-3-10-22(21)26/h2-4,6-7,9-10,14,20H,5,8,11-13,15-17H2,1H3,(H,27,31). The summed E-state index contributed by atoms with van der Waals surface area (Å²) >= 11 is 8.08. The SMILES string of the molecule is Cc1cccc(CSCCNC(=O)C2CCCN(Cc3nc(-c4ccccc4Cl)no3)C2)c1. The molecule has 6 nitrogen and oxygen atoms in total. The van der Waals surface area contributed by atoms with Crippen molar-refractivity contribution in [3.8, 4) is 11.4 Å². The summed E-state index contributed by atoms with van der Waals surface area (Å²) < 4.78 is 5.44. The third-order valence-corrected chi connectivity index (χ3v) is 7.07. The highest BCUT2D eigenvalue weighted by molar-refractivity contribution is 7.98. The maximum absolute atomic E-state index is 12.7. The van der Waals surface area contributed by atoms with Crippen LogP contribution >= 0.6 is 23.4 Å². The van der Waals surface area contributed by atoms with Gasteiger partial charge in [0.05, 0.1) is 17.5 Å². The van der Waals surface area contributed by atoms with Crippen molar-refractivity contribution in [1.29, 1.82) is 0 Å². The lowest BCUT2D eigenvalue weighted by Crippen LogP contribution is -2.43. The molecule has 0 spiro atoms. The molecule has 1 N–H and O–H groups in total. The zero-order valence-electron chi connectivity index (χ0n) is 18.8. The number of halogens is 1. The number of benzene rings is 2. The van der Waals surface area contributed by atoms with Gasteiger partial charge in [0.1, 0.15) is 0 Å². The van der Waals surface area contributed by atoms with Gasteiger partial charge in [-0.1, -0.05) is 58.7 Å². The average molecular weight is 485 g/mol. The minimum atomic E-state index is -0.00789. The fourth-order valence-corrected chi connectivity index (χ4v) is 5.08. The molecule has 0 bridgehead atoms. The number of likely N-dealkylation sites (tertiary alicyclic amines) is 1. The van der Waals surface area contributed by atoms with E-state index in [0.29, 0.717) is 36.4 Å². The van der Waals surface area contributed by atoms with Crippen LogP contribution < -0.4 is 5.32 Å². The quantitative estimate of drug-likeness (QED) is 0.433. The number of hydrogen-bond acceptors (Lipinski definition) is 6. The molecule has 1 saturated heterocycles. The van der Waals surface area contributed by atoms with Crippen molar-refractivity contribution < 1.29 is 9.32 Å². The number of carbonyl (C=O) groups excluding carboxylic acids is 1. The fourth-order valence-electron chi connectivity index (χ4n) is 4.06. The molecule has 1 atom stereocenters. The van der Waals surface area contributed by atoms with Crippen LogP contribution in [0.15, 0.2) is 53.1 Å². The van der Waals surface area contributed by atoms with Gasteiger partial charge in [-0.3, -0.25) is 9.69 Å². The van der Waals surface area contributed by atoms with Crippen LogP contribution in [0.4, 0.5) is 0 Å². The zero-order valence-corrected chi connectivity index (χ0v) is 20.4. The lowest BCUT2D eigenvalue weighted by molar-refractivity contribution is -0.126.